The predicted molar refractivity (Wildman–Crippen MR) is 69.0 cm³/mol. The zero-order chi connectivity index (χ0) is 12.7. The van der Waals surface area contributed by atoms with Gasteiger partial charge in [-0.15, -0.1) is 0 Å². The van der Waals surface area contributed by atoms with E-state index >= 15 is 0 Å². The van der Waals surface area contributed by atoms with Crippen molar-refractivity contribution in [3.05, 3.63) is 23.9 Å². The molecule has 0 spiro atoms. The van der Waals surface area contributed by atoms with Gasteiger partial charge in [0, 0.05) is 18.4 Å². The fourth-order valence-corrected chi connectivity index (χ4v) is 1.94. The first kappa shape index (κ1) is 13.9. The van der Waals surface area contributed by atoms with Crippen LogP contribution in [0.5, 0.6) is 0 Å². The van der Waals surface area contributed by atoms with Crippen LogP contribution in [0.1, 0.15) is 38.3 Å². The van der Waals surface area contributed by atoms with E-state index in [1.807, 2.05) is 19.1 Å². The summed E-state index contributed by atoms with van der Waals surface area (Å²) in [5, 5.41) is 0. The second kappa shape index (κ2) is 7.21. The Morgan fingerprint density at radius 2 is 2.24 bits per heavy atom. The van der Waals surface area contributed by atoms with E-state index in [9.17, 15) is 0 Å². The summed E-state index contributed by atoms with van der Waals surface area (Å²) < 4.78 is 5.72. The highest BCUT2D eigenvalue weighted by atomic mass is 16.5. The third-order valence-electron chi connectivity index (χ3n) is 2.71. The number of anilines is 1. The summed E-state index contributed by atoms with van der Waals surface area (Å²) in [6.45, 7) is 4.75. The van der Waals surface area contributed by atoms with Gasteiger partial charge in [0.1, 0.15) is 5.82 Å². The fourth-order valence-electron chi connectivity index (χ4n) is 1.94. The first-order valence-electron chi connectivity index (χ1n) is 6.02. The van der Waals surface area contributed by atoms with Crippen molar-refractivity contribution in [2.24, 2.45) is 5.84 Å². The number of rotatable bonds is 7. The molecule has 96 valence electrons. The molecule has 5 heteroatoms. The van der Waals surface area contributed by atoms with Crippen molar-refractivity contribution in [2.45, 2.75) is 38.8 Å². The molecule has 0 saturated heterocycles. The van der Waals surface area contributed by atoms with E-state index < -0.39 is 0 Å². The number of aromatic nitrogens is 1. The molecular weight excluding hydrogens is 216 g/mol. The molecule has 1 rings (SSSR count). The quantitative estimate of drug-likeness (QED) is 0.493. The second-order valence-corrected chi connectivity index (χ2v) is 3.90. The average molecular weight is 238 g/mol. The Bertz CT molecular complexity index is 326. The zero-order valence-electron chi connectivity index (χ0n) is 10.5. The summed E-state index contributed by atoms with van der Waals surface area (Å²) in [6, 6.07) is 3.66. The van der Waals surface area contributed by atoms with E-state index in [0.717, 1.165) is 18.4 Å². The molecule has 2 atom stereocenters. The molecule has 0 aromatic carbocycles. The van der Waals surface area contributed by atoms with E-state index in [1.54, 1.807) is 6.20 Å². The van der Waals surface area contributed by atoms with Gasteiger partial charge in [-0.05, 0) is 19.4 Å². The summed E-state index contributed by atoms with van der Waals surface area (Å²) in [5.74, 6) is 6.12. The SMILES string of the molecule is CCCC(OCC)C(NN)c1cccnc1N. The van der Waals surface area contributed by atoms with Crippen molar-refractivity contribution in [3.63, 3.8) is 0 Å². The van der Waals surface area contributed by atoms with Gasteiger partial charge in [0.25, 0.3) is 0 Å². The van der Waals surface area contributed by atoms with Crippen molar-refractivity contribution >= 4 is 5.82 Å². The summed E-state index contributed by atoms with van der Waals surface area (Å²) in [5.41, 5.74) is 9.54. The minimum atomic E-state index is -0.122. The fraction of sp³-hybridized carbons (Fsp3) is 0.583. The maximum atomic E-state index is 5.86. The average Bonchev–Trinajstić information content (AvgIpc) is 2.33. The van der Waals surface area contributed by atoms with Crippen LogP contribution in [0.3, 0.4) is 0 Å². The Kier molecular flexibility index (Phi) is 5.90. The van der Waals surface area contributed by atoms with E-state index in [-0.39, 0.29) is 12.1 Å². The van der Waals surface area contributed by atoms with Crippen molar-refractivity contribution in [1.29, 1.82) is 0 Å². The largest absolute Gasteiger partial charge is 0.383 e. The van der Waals surface area contributed by atoms with E-state index in [1.165, 1.54) is 0 Å². The van der Waals surface area contributed by atoms with Crippen LogP contribution in [0.2, 0.25) is 0 Å². The molecule has 1 aromatic rings. The van der Waals surface area contributed by atoms with Crippen LogP contribution >= 0.6 is 0 Å². The number of hydrazine groups is 1. The molecule has 1 aromatic heterocycles. The normalized spacial score (nSPS) is 14.5. The third kappa shape index (κ3) is 3.66. The maximum Gasteiger partial charge on any atom is 0.128 e. The molecule has 5 N–H and O–H groups in total. The lowest BCUT2D eigenvalue weighted by Gasteiger charge is -2.27. The lowest BCUT2D eigenvalue weighted by atomic mass is 9.99. The highest BCUT2D eigenvalue weighted by Crippen LogP contribution is 2.25. The van der Waals surface area contributed by atoms with E-state index in [2.05, 4.69) is 17.3 Å². The van der Waals surface area contributed by atoms with Gasteiger partial charge in [0.05, 0.1) is 12.1 Å². The molecule has 5 nitrogen and oxygen atoms in total. The van der Waals surface area contributed by atoms with E-state index in [0.29, 0.717) is 12.4 Å². The standard InChI is InChI=1S/C12H22N4O/c1-3-6-10(17-4-2)11(16-14)9-7-5-8-15-12(9)13/h5,7-8,10-11,16H,3-4,6,14H2,1-2H3,(H2,13,15). The Morgan fingerprint density at radius 3 is 2.76 bits per heavy atom. The van der Waals surface area contributed by atoms with Crippen LogP contribution in [0.15, 0.2) is 18.3 Å². The van der Waals surface area contributed by atoms with Crippen LogP contribution in [0, 0.1) is 0 Å². The van der Waals surface area contributed by atoms with Gasteiger partial charge < -0.3 is 10.5 Å². The Labute approximate surface area is 103 Å². The van der Waals surface area contributed by atoms with Crippen LogP contribution in [0.25, 0.3) is 0 Å². The molecule has 0 aliphatic rings. The number of nitrogens with one attached hydrogen (secondary N) is 1. The molecule has 0 bridgehead atoms. The molecule has 0 fully saturated rings. The van der Waals surface area contributed by atoms with Crippen molar-refractivity contribution in [1.82, 2.24) is 10.4 Å². The number of nitrogen functional groups attached to an aromatic ring is 1. The molecule has 0 aliphatic carbocycles. The minimum absolute atomic E-state index is 0.0153. The highest BCUT2D eigenvalue weighted by molar-refractivity contribution is 5.41. The van der Waals surface area contributed by atoms with Crippen LogP contribution in [-0.4, -0.2) is 17.7 Å². The monoisotopic (exact) mass is 238 g/mol. The summed E-state index contributed by atoms with van der Waals surface area (Å²) >= 11 is 0. The first-order valence-corrected chi connectivity index (χ1v) is 6.02. The number of ether oxygens (including phenoxy) is 1. The van der Waals surface area contributed by atoms with Crippen LogP contribution in [-0.2, 0) is 4.74 Å². The third-order valence-corrected chi connectivity index (χ3v) is 2.71. The van der Waals surface area contributed by atoms with Gasteiger partial charge in [-0.25, -0.2) is 4.98 Å². The summed E-state index contributed by atoms with van der Waals surface area (Å²) in [6.07, 6.45) is 3.64. The van der Waals surface area contributed by atoms with E-state index in [4.69, 9.17) is 16.3 Å². The van der Waals surface area contributed by atoms with Gasteiger partial charge in [-0.1, -0.05) is 19.4 Å². The smallest absolute Gasteiger partial charge is 0.128 e. The molecule has 0 radical (unpaired) electrons. The topological polar surface area (TPSA) is 86.2 Å². The van der Waals surface area contributed by atoms with Crippen molar-refractivity contribution in [2.75, 3.05) is 12.3 Å². The minimum Gasteiger partial charge on any atom is -0.383 e. The number of pyridine rings is 1. The van der Waals surface area contributed by atoms with Crippen molar-refractivity contribution < 1.29 is 4.74 Å². The highest BCUT2D eigenvalue weighted by Gasteiger charge is 2.23. The Balaban J connectivity index is 2.91. The molecule has 17 heavy (non-hydrogen) atoms. The second-order valence-electron chi connectivity index (χ2n) is 3.90. The number of hydrogen-bond donors (Lipinski definition) is 3. The number of nitrogens with zero attached hydrogens (tertiary/aromatic N) is 1. The van der Waals surface area contributed by atoms with Crippen molar-refractivity contribution in [3.8, 4) is 0 Å². The molecule has 2 unspecified atom stereocenters. The van der Waals surface area contributed by atoms with Gasteiger partial charge >= 0.3 is 0 Å². The molecule has 1 heterocycles. The number of nitrogens with two attached hydrogens (primary N) is 2. The van der Waals surface area contributed by atoms with Gasteiger partial charge in [-0.3, -0.25) is 11.3 Å². The first-order chi connectivity index (χ1) is 8.24. The predicted octanol–water partition coefficient (Wildman–Crippen LogP) is 1.37. The van der Waals surface area contributed by atoms with Crippen LogP contribution in [0.4, 0.5) is 5.82 Å². The lowest BCUT2D eigenvalue weighted by Crippen LogP contribution is -2.38. The van der Waals surface area contributed by atoms with Gasteiger partial charge in [0.2, 0.25) is 0 Å². The maximum absolute atomic E-state index is 5.86. The Morgan fingerprint density at radius 1 is 1.47 bits per heavy atom. The van der Waals surface area contributed by atoms with Gasteiger partial charge in [0.15, 0.2) is 0 Å². The summed E-state index contributed by atoms with van der Waals surface area (Å²) in [7, 11) is 0. The zero-order valence-corrected chi connectivity index (χ0v) is 10.5. The summed E-state index contributed by atoms with van der Waals surface area (Å²) in [4.78, 5) is 4.08. The molecule has 0 aliphatic heterocycles. The van der Waals surface area contributed by atoms with Crippen LogP contribution < -0.4 is 17.0 Å². The Hall–Kier alpha value is -1.17. The lowest BCUT2D eigenvalue weighted by molar-refractivity contribution is 0.0277. The molecule has 0 saturated carbocycles. The molecule has 0 amide bonds. The molecular formula is C12H22N4O. The van der Waals surface area contributed by atoms with Gasteiger partial charge in [-0.2, -0.15) is 0 Å². The number of hydrogen-bond acceptors (Lipinski definition) is 5.